The molecule has 2 rings (SSSR count). The Bertz CT molecular complexity index is 438. The molecule has 0 amide bonds. The van der Waals surface area contributed by atoms with Gasteiger partial charge in [-0.2, -0.15) is 5.10 Å². The average Bonchev–Trinajstić information content (AvgIpc) is 2.65. The molecule has 2 heterocycles. The first-order valence-corrected chi connectivity index (χ1v) is 5.57. The maximum Gasteiger partial charge on any atom is 0.219 e. The SMILES string of the molecule is Cn1cc(Oc2ccc(CBr)cn2)cn1. The van der Waals surface area contributed by atoms with Gasteiger partial charge in [0.15, 0.2) is 5.75 Å². The summed E-state index contributed by atoms with van der Waals surface area (Å²) in [5.74, 6) is 1.27. The Balaban J connectivity index is 2.11. The number of halogens is 1. The highest BCUT2D eigenvalue weighted by Crippen LogP contribution is 2.18. The van der Waals surface area contributed by atoms with E-state index in [0.717, 1.165) is 10.9 Å². The normalized spacial score (nSPS) is 10.3. The maximum absolute atomic E-state index is 5.49. The van der Waals surface area contributed by atoms with E-state index in [-0.39, 0.29) is 0 Å². The minimum atomic E-state index is 0.577. The van der Waals surface area contributed by atoms with E-state index in [2.05, 4.69) is 26.0 Å². The van der Waals surface area contributed by atoms with E-state index < -0.39 is 0 Å². The molecule has 2 aromatic rings. The zero-order valence-corrected chi connectivity index (χ0v) is 9.81. The number of pyridine rings is 1. The van der Waals surface area contributed by atoms with Gasteiger partial charge in [0.05, 0.1) is 12.4 Å². The van der Waals surface area contributed by atoms with E-state index in [1.54, 1.807) is 23.3 Å². The predicted octanol–water partition coefficient (Wildman–Crippen LogP) is 2.50. The summed E-state index contributed by atoms with van der Waals surface area (Å²) in [4.78, 5) is 4.16. The molecule has 0 bridgehead atoms. The molecular weight excluding hydrogens is 258 g/mol. The summed E-state index contributed by atoms with van der Waals surface area (Å²) < 4.78 is 7.17. The fraction of sp³-hybridized carbons (Fsp3) is 0.200. The van der Waals surface area contributed by atoms with Gasteiger partial charge in [0.1, 0.15) is 0 Å². The predicted molar refractivity (Wildman–Crippen MR) is 60.2 cm³/mol. The van der Waals surface area contributed by atoms with Crippen molar-refractivity contribution in [1.29, 1.82) is 0 Å². The number of aromatic nitrogens is 3. The van der Waals surface area contributed by atoms with Gasteiger partial charge in [-0.05, 0) is 5.56 Å². The quantitative estimate of drug-likeness (QED) is 0.803. The Morgan fingerprint density at radius 2 is 2.27 bits per heavy atom. The van der Waals surface area contributed by atoms with Gasteiger partial charge in [-0.3, -0.25) is 4.68 Å². The molecule has 0 fully saturated rings. The van der Waals surface area contributed by atoms with Gasteiger partial charge in [0.2, 0.25) is 5.88 Å². The van der Waals surface area contributed by atoms with E-state index in [9.17, 15) is 0 Å². The zero-order valence-electron chi connectivity index (χ0n) is 8.22. The van der Waals surface area contributed by atoms with Crippen molar-refractivity contribution in [2.45, 2.75) is 5.33 Å². The molecule has 0 atom stereocenters. The van der Waals surface area contributed by atoms with Crippen molar-refractivity contribution in [3.8, 4) is 11.6 Å². The summed E-state index contributed by atoms with van der Waals surface area (Å²) in [5, 5.41) is 4.80. The first-order chi connectivity index (χ1) is 7.28. The third-order valence-electron chi connectivity index (χ3n) is 1.86. The van der Waals surface area contributed by atoms with Crippen molar-refractivity contribution < 1.29 is 4.74 Å². The van der Waals surface area contributed by atoms with Gasteiger partial charge in [-0.25, -0.2) is 4.98 Å². The van der Waals surface area contributed by atoms with Gasteiger partial charge in [0, 0.05) is 24.6 Å². The van der Waals surface area contributed by atoms with Crippen molar-refractivity contribution in [1.82, 2.24) is 14.8 Å². The summed E-state index contributed by atoms with van der Waals surface area (Å²) in [5.41, 5.74) is 1.12. The molecule has 15 heavy (non-hydrogen) atoms. The van der Waals surface area contributed by atoms with E-state index in [1.807, 2.05) is 19.2 Å². The number of nitrogens with zero attached hydrogens (tertiary/aromatic N) is 3. The molecule has 78 valence electrons. The molecule has 5 heteroatoms. The minimum absolute atomic E-state index is 0.577. The van der Waals surface area contributed by atoms with Crippen LogP contribution in [0.3, 0.4) is 0 Å². The summed E-state index contributed by atoms with van der Waals surface area (Å²) in [6, 6.07) is 3.80. The number of aryl methyl sites for hydroxylation is 1. The van der Waals surface area contributed by atoms with Crippen LogP contribution < -0.4 is 4.74 Å². The van der Waals surface area contributed by atoms with Gasteiger partial charge >= 0.3 is 0 Å². The highest BCUT2D eigenvalue weighted by Gasteiger charge is 2.00. The number of alkyl halides is 1. The molecule has 0 saturated heterocycles. The molecule has 0 N–H and O–H groups in total. The van der Waals surface area contributed by atoms with Gasteiger partial charge < -0.3 is 4.74 Å². The lowest BCUT2D eigenvalue weighted by Gasteiger charge is -2.01. The first kappa shape index (κ1) is 10.2. The topological polar surface area (TPSA) is 39.9 Å². The van der Waals surface area contributed by atoms with Gasteiger partial charge in [-0.15, -0.1) is 0 Å². The van der Waals surface area contributed by atoms with E-state index in [0.29, 0.717) is 11.6 Å². The Kier molecular flexibility index (Phi) is 3.01. The number of hydrogen-bond acceptors (Lipinski definition) is 3. The van der Waals surface area contributed by atoms with Crippen molar-refractivity contribution in [3.05, 3.63) is 36.3 Å². The van der Waals surface area contributed by atoms with Gasteiger partial charge in [0.25, 0.3) is 0 Å². The van der Waals surface area contributed by atoms with Crippen molar-refractivity contribution in [3.63, 3.8) is 0 Å². The molecule has 0 radical (unpaired) electrons. The Hall–Kier alpha value is -1.36. The maximum atomic E-state index is 5.49. The highest BCUT2D eigenvalue weighted by molar-refractivity contribution is 9.08. The molecule has 0 unspecified atom stereocenters. The average molecular weight is 268 g/mol. The van der Waals surface area contributed by atoms with Crippen LogP contribution in [0.25, 0.3) is 0 Å². The van der Waals surface area contributed by atoms with Crippen LogP contribution in [0.15, 0.2) is 30.7 Å². The first-order valence-electron chi connectivity index (χ1n) is 4.45. The second-order valence-corrected chi connectivity index (χ2v) is 3.65. The molecule has 0 aliphatic rings. The summed E-state index contributed by atoms with van der Waals surface area (Å²) in [6.45, 7) is 0. The Morgan fingerprint density at radius 3 is 2.80 bits per heavy atom. The Morgan fingerprint density at radius 1 is 1.40 bits per heavy atom. The molecule has 0 spiro atoms. The van der Waals surface area contributed by atoms with E-state index >= 15 is 0 Å². The van der Waals surface area contributed by atoms with Crippen LogP contribution in [0.4, 0.5) is 0 Å². The standard InChI is InChI=1S/C10H10BrN3O/c1-14-7-9(6-13-14)15-10-3-2-8(4-11)5-12-10/h2-3,5-7H,4H2,1H3. The Labute approximate surface area is 96.0 Å². The van der Waals surface area contributed by atoms with Crippen molar-refractivity contribution >= 4 is 15.9 Å². The van der Waals surface area contributed by atoms with Crippen LogP contribution in [0.1, 0.15) is 5.56 Å². The molecule has 0 aliphatic carbocycles. The number of rotatable bonds is 3. The van der Waals surface area contributed by atoms with Crippen molar-refractivity contribution in [2.75, 3.05) is 0 Å². The molecule has 4 nitrogen and oxygen atoms in total. The smallest absolute Gasteiger partial charge is 0.219 e. The van der Waals surface area contributed by atoms with Crippen LogP contribution in [0.5, 0.6) is 11.6 Å². The largest absolute Gasteiger partial charge is 0.436 e. The molecule has 0 aromatic carbocycles. The molecule has 0 aliphatic heterocycles. The summed E-state index contributed by atoms with van der Waals surface area (Å²) in [6.07, 6.45) is 5.22. The summed E-state index contributed by atoms with van der Waals surface area (Å²) in [7, 11) is 1.84. The monoisotopic (exact) mass is 267 g/mol. The second-order valence-electron chi connectivity index (χ2n) is 3.09. The summed E-state index contributed by atoms with van der Waals surface area (Å²) >= 11 is 3.36. The van der Waals surface area contributed by atoms with Crippen LogP contribution in [0, 0.1) is 0 Å². The zero-order chi connectivity index (χ0) is 10.7. The molecular formula is C10H10BrN3O. The third kappa shape index (κ3) is 2.56. The molecule has 2 aromatic heterocycles. The minimum Gasteiger partial charge on any atom is -0.436 e. The lowest BCUT2D eigenvalue weighted by molar-refractivity contribution is 0.462. The number of hydrogen-bond donors (Lipinski definition) is 0. The van der Waals surface area contributed by atoms with Crippen LogP contribution in [-0.4, -0.2) is 14.8 Å². The number of ether oxygens (including phenoxy) is 1. The third-order valence-corrected chi connectivity index (χ3v) is 2.50. The van der Waals surface area contributed by atoms with E-state index in [4.69, 9.17) is 4.74 Å². The fourth-order valence-electron chi connectivity index (χ4n) is 1.12. The lowest BCUT2D eigenvalue weighted by Crippen LogP contribution is -1.88. The van der Waals surface area contributed by atoms with Gasteiger partial charge in [-0.1, -0.05) is 22.0 Å². The van der Waals surface area contributed by atoms with E-state index in [1.165, 1.54) is 0 Å². The van der Waals surface area contributed by atoms with Crippen LogP contribution >= 0.6 is 15.9 Å². The fourth-order valence-corrected chi connectivity index (χ4v) is 1.45. The molecule has 0 saturated carbocycles. The second kappa shape index (κ2) is 4.44. The van der Waals surface area contributed by atoms with Crippen LogP contribution in [-0.2, 0) is 12.4 Å². The highest BCUT2D eigenvalue weighted by atomic mass is 79.9. The van der Waals surface area contributed by atoms with Crippen molar-refractivity contribution in [2.24, 2.45) is 7.05 Å². The van der Waals surface area contributed by atoms with Crippen LogP contribution in [0.2, 0.25) is 0 Å². The lowest BCUT2D eigenvalue weighted by atomic mass is 10.3.